The van der Waals surface area contributed by atoms with Crippen LogP contribution in [0.5, 0.6) is 0 Å². The van der Waals surface area contributed by atoms with Crippen LogP contribution in [0.4, 0.5) is 27.9 Å². The molecule has 4 aromatic rings. The van der Waals surface area contributed by atoms with Crippen LogP contribution in [0.15, 0.2) is 84.0 Å². The number of piperidine rings is 1. The van der Waals surface area contributed by atoms with Crippen molar-refractivity contribution in [2.75, 3.05) is 28.7 Å². The standard InChI is InChI=1S/C29H30FN7/c1-21-11-13-25(14-12-21)32-27-33-28(36-31-20-24-9-5-6-10-26(24)30)35-29(34-27)37-17-15-23(16-18-37)19-22-7-3-2-4-8-22/h2-14,20,23H,15-19H2,1H3,(H2,32,33,34,35,36)/b31-20+. The summed E-state index contributed by atoms with van der Waals surface area (Å²) >= 11 is 0. The minimum absolute atomic E-state index is 0.290. The first kappa shape index (κ1) is 24.4. The summed E-state index contributed by atoms with van der Waals surface area (Å²) in [6.45, 7) is 3.77. The number of benzene rings is 3. The van der Waals surface area contributed by atoms with Crippen LogP contribution in [0.25, 0.3) is 0 Å². The summed E-state index contributed by atoms with van der Waals surface area (Å²) in [4.78, 5) is 16.0. The first-order valence-corrected chi connectivity index (χ1v) is 12.5. The third-order valence-corrected chi connectivity index (χ3v) is 6.47. The van der Waals surface area contributed by atoms with Gasteiger partial charge < -0.3 is 10.2 Å². The first-order valence-electron chi connectivity index (χ1n) is 12.5. The first-order chi connectivity index (χ1) is 18.1. The summed E-state index contributed by atoms with van der Waals surface area (Å²) < 4.78 is 13.9. The molecule has 2 heterocycles. The van der Waals surface area contributed by atoms with E-state index in [1.165, 1.54) is 23.4 Å². The predicted octanol–water partition coefficient (Wildman–Crippen LogP) is 5.97. The Kier molecular flexibility index (Phi) is 7.64. The van der Waals surface area contributed by atoms with Gasteiger partial charge in [0.15, 0.2) is 0 Å². The highest BCUT2D eigenvalue weighted by molar-refractivity contribution is 5.80. The van der Waals surface area contributed by atoms with Crippen molar-refractivity contribution < 1.29 is 4.39 Å². The van der Waals surface area contributed by atoms with E-state index in [0.717, 1.165) is 38.0 Å². The Morgan fingerprint density at radius 1 is 0.892 bits per heavy atom. The molecule has 3 aromatic carbocycles. The Morgan fingerprint density at radius 2 is 1.59 bits per heavy atom. The van der Waals surface area contributed by atoms with Gasteiger partial charge in [0.05, 0.1) is 6.21 Å². The number of hydrogen-bond acceptors (Lipinski definition) is 7. The van der Waals surface area contributed by atoms with Gasteiger partial charge in [-0.25, -0.2) is 9.82 Å². The van der Waals surface area contributed by atoms with E-state index in [1.54, 1.807) is 18.2 Å². The Bertz CT molecular complexity index is 1330. The van der Waals surface area contributed by atoms with Crippen molar-refractivity contribution in [3.8, 4) is 0 Å². The van der Waals surface area contributed by atoms with Gasteiger partial charge in [-0.3, -0.25) is 0 Å². The lowest BCUT2D eigenvalue weighted by atomic mass is 9.90. The molecule has 1 aliphatic rings. The summed E-state index contributed by atoms with van der Waals surface area (Å²) in [6.07, 6.45) is 4.63. The minimum Gasteiger partial charge on any atom is -0.341 e. The number of aromatic nitrogens is 3. The number of nitrogens with one attached hydrogen (secondary N) is 2. The molecule has 0 atom stereocenters. The van der Waals surface area contributed by atoms with Gasteiger partial charge in [-0.15, -0.1) is 0 Å². The lowest BCUT2D eigenvalue weighted by Crippen LogP contribution is -2.35. The summed E-state index contributed by atoms with van der Waals surface area (Å²) in [5, 5.41) is 7.43. The predicted molar refractivity (Wildman–Crippen MR) is 147 cm³/mol. The maximum Gasteiger partial charge on any atom is 0.250 e. The van der Waals surface area contributed by atoms with E-state index in [1.807, 2.05) is 31.2 Å². The summed E-state index contributed by atoms with van der Waals surface area (Å²) in [5.41, 5.74) is 6.66. The van der Waals surface area contributed by atoms with Crippen LogP contribution in [-0.4, -0.2) is 34.3 Å². The van der Waals surface area contributed by atoms with Crippen LogP contribution in [0.3, 0.4) is 0 Å². The zero-order valence-electron chi connectivity index (χ0n) is 20.8. The van der Waals surface area contributed by atoms with Gasteiger partial charge in [0.25, 0.3) is 0 Å². The maximum atomic E-state index is 13.9. The van der Waals surface area contributed by atoms with Gasteiger partial charge in [-0.1, -0.05) is 66.2 Å². The second-order valence-corrected chi connectivity index (χ2v) is 9.29. The maximum absolute atomic E-state index is 13.9. The van der Waals surface area contributed by atoms with Crippen LogP contribution in [0, 0.1) is 18.7 Å². The molecule has 0 radical (unpaired) electrons. The molecule has 188 valence electrons. The lowest BCUT2D eigenvalue weighted by Gasteiger charge is -2.32. The van der Waals surface area contributed by atoms with E-state index in [9.17, 15) is 4.39 Å². The smallest absolute Gasteiger partial charge is 0.250 e. The molecule has 1 saturated heterocycles. The van der Waals surface area contributed by atoms with Crippen molar-refractivity contribution in [3.05, 3.63) is 101 Å². The molecule has 1 aromatic heterocycles. The number of anilines is 4. The van der Waals surface area contributed by atoms with Crippen molar-refractivity contribution in [3.63, 3.8) is 0 Å². The topological polar surface area (TPSA) is 78.3 Å². The molecule has 0 spiro atoms. The molecule has 7 nitrogen and oxygen atoms in total. The lowest BCUT2D eigenvalue weighted by molar-refractivity contribution is 0.400. The van der Waals surface area contributed by atoms with Gasteiger partial charge in [0.2, 0.25) is 17.8 Å². The van der Waals surface area contributed by atoms with Crippen LogP contribution in [0.2, 0.25) is 0 Å². The van der Waals surface area contributed by atoms with Crippen molar-refractivity contribution >= 4 is 29.7 Å². The highest BCUT2D eigenvalue weighted by Crippen LogP contribution is 2.26. The van der Waals surface area contributed by atoms with Crippen molar-refractivity contribution in [1.29, 1.82) is 0 Å². The largest absolute Gasteiger partial charge is 0.341 e. The fourth-order valence-corrected chi connectivity index (χ4v) is 4.40. The Labute approximate surface area is 216 Å². The van der Waals surface area contributed by atoms with Crippen LogP contribution >= 0.6 is 0 Å². The molecule has 0 unspecified atom stereocenters. The molecule has 0 saturated carbocycles. The molecule has 8 heteroatoms. The molecule has 2 N–H and O–H groups in total. The molecular formula is C29H30FN7. The van der Waals surface area contributed by atoms with Crippen LogP contribution in [-0.2, 0) is 6.42 Å². The molecule has 5 rings (SSSR count). The van der Waals surface area contributed by atoms with Crippen molar-refractivity contribution in [1.82, 2.24) is 15.0 Å². The summed E-state index contributed by atoms with van der Waals surface area (Å²) in [7, 11) is 0. The quantitative estimate of drug-likeness (QED) is 0.232. The average Bonchev–Trinajstić information content (AvgIpc) is 2.92. The Hall–Kier alpha value is -4.33. The molecule has 1 fully saturated rings. The third-order valence-electron chi connectivity index (χ3n) is 6.47. The fourth-order valence-electron chi connectivity index (χ4n) is 4.40. The Morgan fingerprint density at radius 3 is 2.35 bits per heavy atom. The fraction of sp³-hybridized carbons (Fsp3) is 0.241. The molecule has 0 aliphatic carbocycles. The van der Waals surface area contributed by atoms with Crippen molar-refractivity contribution in [2.45, 2.75) is 26.2 Å². The van der Waals surface area contributed by atoms with E-state index in [0.29, 0.717) is 29.3 Å². The summed E-state index contributed by atoms with van der Waals surface area (Å²) in [5.74, 6) is 1.59. The highest BCUT2D eigenvalue weighted by Gasteiger charge is 2.22. The van der Waals surface area contributed by atoms with Crippen LogP contribution in [0.1, 0.15) is 29.5 Å². The number of nitrogens with zero attached hydrogens (tertiary/aromatic N) is 5. The van der Waals surface area contributed by atoms with Crippen molar-refractivity contribution in [2.24, 2.45) is 11.0 Å². The van der Waals surface area contributed by atoms with E-state index in [4.69, 9.17) is 4.98 Å². The van der Waals surface area contributed by atoms with E-state index in [-0.39, 0.29) is 5.82 Å². The number of halogens is 1. The molecule has 0 amide bonds. The third kappa shape index (κ3) is 6.67. The minimum atomic E-state index is -0.343. The number of aryl methyl sites for hydroxylation is 1. The number of hydrogen-bond donors (Lipinski definition) is 2. The van der Waals surface area contributed by atoms with Gasteiger partial charge >= 0.3 is 0 Å². The van der Waals surface area contributed by atoms with Gasteiger partial charge in [0.1, 0.15) is 5.82 Å². The second-order valence-electron chi connectivity index (χ2n) is 9.29. The van der Waals surface area contributed by atoms with Gasteiger partial charge in [0, 0.05) is 24.3 Å². The monoisotopic (exact) mass is 495 g/mol. The Balaban J connectivity index is 1.32. The SMILES string of the molecule is Cc1ccc(Nc2nc(N/N=C/c3ccccc3F)nc(N3CCC(Cc4ccccc4)CC3)n2)cc1. The number of rotatable bonds is 8. The highest BCUT2D eigenvalue weighted by atomic mass is 19.1. The molecule has 37 heavy (non-hydrogen) atoms. The molecular weight excluding hydrogens is 465 g/mol. The zero-order chi connectivity index (χ0) is 25.5. The van der Waals surface area contributed by atoms with E-state index in [2.05, 4.69) is 61.0 Å². The molecule has 1 aliphatic heterocycles. The normalized spacial score (nSPS) is 14.2. The van der Waals surface area contributed by atoms with E-state index < -0.39 is 0 Å². The van der Waals surface area contributed by atoms with Gasteiger partial charge in [-0.2, -0.15) is 20.1 Å². The molecule has 0 bridgehead atoms. The van der Waals surface area contributed by atoms with E-state index >= 15 is 0 Å². The summed E-state index contributed by atoms with van der Waals surface area (Å²) in [6, 6.07) is 25.1. The number of hydrazone groups is 1. The van der Waals surface area contributed by atoms with Gasteiger partial charge in [-0.05, 0) is 55.9 Å². The second kappa shape index (κ2) is 11.6. The van der Waals surface area contributed by atoms with Crippen LogP contribution < -0.4 is 15.6 Å². The average molecular weight is 496 g/mol. The zero-order valence-corrected chi connectivity index (χ0v) is 20.8.